The van der Waals surface area contributed by atoms with Gasteiger partial charge in [0.05, 0.1) is 25.3 Å². The lowest BCUT2D eigenvalue weighted by atomic mass is 9.82. The minimum Gasteiger partial charge on any atom is -0.508 e. The molecule has 5 N–H and O–H groups in total. The van der Waals surface area contributed by atoms with Crippen molar-refractivity contribution in [2.45, 2.75) is 32.0 Å². The van der Waals surface area contributed by atoms with Gasteiger partial charge < -0.3 is 25.0 Å². The summed E-state index contributed by atoms with van der Waals surface area (Å²) in [5, 5.41) is 30.2. The first-order valence-corrected chi connectivity index (χ1v) is 10.1. The van der Waals surface area contributed by atoms with Crippen molar-refractivity contribution in [3.8, 4) is 17.2 Å². The quantitative estimate of drug-likeness (QED) is 0.488. The summed E-state index contributed by atoms with van der Waals surface area (Å²) in [6.45, 7) is 4.21. The van der Waals surface area contributed by atoms with E-state index < -0.39 is 6.04 Å². The topological polar surface area (TPSA) is 114 Å². The second-order valence-electron chi connectivity index (χ2n) is 7.74. The summed E-state index contributed by atoms with van der Waals surface area (Å²) in [5.74, 6) is 0.186. The third kappa shape index (κ3) is 3.36. The van der Waals surface area contributed by atoms with Crippen molar-refractivity contribution in [3.63, 3.8) is 0 Å². The molecule has 8 heteroatoms. The molecule has 0 saturated carbocycles. The number of aliphatic hydroxyl groups excluding tert-OH is 1. The average Bonchev–Trinajstić information content (AvgIpc) is 3.26. The molecule has 4 unspecified atom stereocenters. The van der Waals surface area contributed by atoms with Crippen LogP contribution in [0.15, 0.2) is 36.4 Å². The van der Waals surface area contributed by atoms with E-state index in [-0.39, 0.29) is 48.6 Å². The second kappa shape index (κ2) is 8.14. The number of ether oxygens (including phenoxy) is 1. The predicted molar refractivity (Wildman–Crippen MR) is 110 cm³/mol. The van der Waals surface area contributed by atoms with Gasteiger partial charge in [0, 0.05) is 18.0 Å². The number of nitrogens with zero attached hydrogens (tertiary/aromatic N) is 1. The Hall–Kier alpha value is -2.81. The van der Waals surface area contributed by atoms with Crippen LogP contribution in [0.4, 0.5) is 0 Å². The van der Waals surface area contributed by atoms with Gasteiger partial charge in [-0.15, -0.1) is 0 Å². The fourth-order valence-corrected chi connectivity index (χ4v) is 4.63. The first kappa shape index (κ1) is 20.5. The van der Waals surface area contributed by atoms with Crippen LogP contribution in [0, 0.1) is 12.8 Å². The lowest BCUT2D eigenvalue weighted by Gasteiger charge is -2.31. The first-order chi connectivity index (χ1) is 14.5. The number of hydrazine groups is 1. The maximum Gasteiger partial charge on any atom is 0.242 e. The number of aryl methyl sites for hydroxylation is 1. The highest BCUT2D eigenvalue weighted by atomic mass is 16.5. The molecule has 1 amide bonds. The van der Waals surface area contributed by atoms with Crippen LogP contribution < -0.4 is 15.6 Å². The van der Waals surface area contributed by atoms with Crippen LogP contribution in [-0.2, 0) is 4.79 Å². The van der Waals surface area contributed by atoms with Gasteiger partial charge in [0.2, 0.25) is 5.91 Å². The minimum atomic E-state index is -0.504. The van der Waals surface area contributed by atoms with Gasteiger partial charge in [0.15, 0.2) is 11.5 Å². The van der Waals surface area contributed by atoms with Crippen LogP contribution in [0.2, 0.25) is 0 Å². The van der Waals surface area contributed by atoms with E-state index in [0.29, 0.717) is 17.9 Å². The lowest BCUT2D eigenvalue weighted by Crippen LogP contribution is -2.42. The zero-order valence-electron chi connectivity index (χ0n) is 17.0. The molecule has 2 heterocycles. The van der Waals surface area contributed by atoms with E-state index in [0.717, 1.165) is 11.1 Å². The van der Waals surface area contributed by atoms with Crippen molar-refractivity contribution in [1.29, 1.82) is 0 Å². The summed E-state index contributed by atoms with van der Waals surface area (Å²) < 4.78 is 5.54. The molecule has 160 valence electrons. The van der Waals surface area contributed by atoms with E-state index in [4.69, 9.17) is 4.74 Å². The molecular formula is C22H27N3O5. The fourth-order valence-electron chi connectivity index (χ4n) is 4.63. The number of carbonyl (C=O) groups excluding carboxylic acids is 1. The molecular weight excluding hydrogens is 386 g/mol. The highest BCUT2D eigenvalue weighted by Gasteiger charge is 2.55. The summed E-state index contributed by atoms with van der Waals surface area (Å²) in [4.78, 5) is 14.8. The number of fused-ring (bicyclic) bond motifs is 1. The molecule has 2 aromatic carbocycles. The van der Waals surface area contributed by atoms with Gasteiger partial charge in [-0.05, 0) is 37.6 Å². The Morgan fingerprint density at radius 3 is 2.53 bits per heavy atom. The maximum absolute atomic E-state index is 13.1. The number of nitrogens with one attached hydrogen (secondary N) is 2. The van der Waals surface area contributed by atoms with E-state index in [1.807, 2.05) is 26.0 Å². The Morgan fingerprint density at radius 1 is 1.07 bits per heavy atom. The van der Waals surface area contributed by atoms with Crippen LogP contribution >= 0.6 is 0 Å². The van der Waals surface area contributed by atoms with Gasteiger partial charge in [-0.2, -0.15) is 0 Å². The Bertz CT molecular complexity index is 950. The smallest absolute Gasteiger partial charge is 0.242 e. The van der Waals surface area contributed by atoms with Gasteiger partial charge in [0.1, 0.15) is 11.8 Å². The molecule has 2 aliphatic heterocycles. The predicted octanol–water partition coefficient (Wildman–Crippen LogP) is 1.51. The van der Waals surface area contributed by atoms with Crippen molar-refractivity contribution in [3.05, 3.63) is 53.1 Å². The number of hydrogen-bond donors (Lipinski definition) is 5. The molecule has 4 rings (SSSR count). The molecule has 2 aliphatic rings. The molecule has 2 fully saturated rings. The molecule has 0 radical (unpaired) electrons. The number of carbonyl (C=O) groups is 1. The second-order valence-corrected chi connectivity index (χ2v) is 7.74. The summed E-state index contributed by atoms with van der Waals surface area (Å²) in [5.41, 5.74) is 8.79. The fraction of sp³-hybridized carbons (Fsp3) is 0.409. The summed E-state index contributed by atoms with van der Waals surface area (Å²) in [6, 6.07) is 9.28. The van der Waals surface area contributed by atoms with E-state index in [1.54, 1.807) is 29.2 Å². The van der Waals surface area contributed by atoms with Crippen LogP contribution in [0.1, 0.15) is 35.7 Å². The summed E-state index contributed by atoms with van der Waals surface area (Å²) in [7, 11) is 0. The number of amides is 1. The van der Waals surface area contributed by atoms with Crippen molar-refractivity contribution < 1.29 is 24.9 Å². The molecule has 2 aromatic rings. The maximum atomic E-state index is 13.1. The van der Waals surface area contributed by atoms with Gasteiger partial charge >= 0.3 is 0 Å². The standard InChI is InChI=1S/C22H27N3O5/c1-3-30-17-11-13(5-7-16(17)28)21-18-19(14-10-12(2)4-6-15(14)27)23-24-20(18)22(29)25(21)8-9-26/h4-7,10-11,18-21,23-24,26-28H,3,8-9H2,1-2H3. The van der Waals surface area contributed by atoms with Gasteiger partial charge in [-0.3, -0.25) is 4.79 Å². The van der Waals surface area contributed by atoms with E-state index >= 15 is 0 Å². The summed E-state index contributed by atoms with van der Waals surface area (Å²) in [6.07, 6.45) is 0. The SMILES string of the molecule is CCOc1cc(C2C3C(NNC3c3cc(C)ccc3O)C(=O)N2CCO)ccc1O. The van der Waals surface area contributed by atoms with Gasteiger partial charge in [-0.25, -0.2) is 10.9 Å². The number of aliphatic hydroxyl groups is 1. The number of benzene rings is 2. The van der Waals surface area contributed by atoms with E-state index in [9.17, 15) is 20.1 Å². The molecule has 0 aliphatic carbocycles. The first-order valence-electron chi connectivity index (χ1n) is 10.1. The highest BCUT2D eigenvalue weighted by molar-refractivity contribution is 5.86. The molecule has 2 saturated heterocycles. The van der Waals surface area contributed by atoms with Crippen LogP contribution in [0.3, 0.4) is 0 Å². The molecule has 0 bridgehead atoms. The number of β-amino-alcohol motifs (C(OH)–C–C–N with tert-alkyl or cyclic N) is 1. The van der Waals surface area contributed by atoms with Gasteiger partial charge in [-0.1, -0.05) is 23.8 Å². The third-order valence-corrected chi connectivity index (χ3v) is 5.90. The molecule has 30 heavy (non-hydrogen) atoms. The van der Waals surface area contributed by atoms with E-state index in [2.05, 4.69) is 10.9 Å². The number of likely N-dealkylation sites (tertiary alicyclic amines) is 1. The Balaban J connectivity index is 1.80. The number of aromatic hydroxyl groups is 2. The van der Waals surface area contributed by atoms with Crippen LogP contribution in [0.5, 0.6) is 17.2 Å². The Labute approximate surface area is 175 Å². The number of phenols is 2. The van der Waals surface area contributed by atoms with Gasteiger partial charge in [0.25, 0.3) is 0 Å². The van der Waals surface area contributed by atoms with Crippen molar-refractivity contribution >= 4 is 5.91 Å². The van der Waals surface area contributed by atoms with Crippen LogP contribution in [-0.4, -0.2) is 51.9 Å². The van der Waals surface area contributed by atoms with Crippen molar-refractivity contribution in [2.75, 3.05) is 19.8 Å². The summed E-state index contributed by atoms with van der Waals surface area (Å²) >= 11 is 0. The zero-order chi connectivity index (χ0) is 21.4. The third-order valence-electron chi connectivity index (χ3n) is 5.90. The molecule has 4 atom stereocenters. The largest absolute Gasteiger partial charge is 0.508 e. The van der Waals surface area contributed by atoms with Crippen molar-refractivity contribution in [1.82, 2.24) is 15.8 Å². The number of rotatable bonds is 6. The van der Waals surface area contributed by atoms with Crippen molar-refractivity contribution in [2.24, 2.45) is 5.92 Å². The Morgan fingerprint density at radius 2 is 1.80 bits per heavy atom. The molecule has 0 spiro atoms. The highest BCUT2D eigenvalue weighted by Crippen LogP contribution is 2.49. The van der Waals surface area contributed by atoms with Crippen LogP contribution in [0.25, 0.3) is 0 Å². The monoisotopic (exact) mass is 413 g/mol. The number of hydrogen-bond acceptors (Lipinski definition) is 7. The normalized spacial score (nSPS) is 25.6. The number of phenolic OH excluding ortho intramolecular Hbond substituents is 2. The van der Waals surface area contributed by atoms with E-state index in [1.165, 1.54) is 0 Å². The molecule has 8 nitrogen and oxygen atoms in total. The zero-order valence-corrected chi connectivity index (χ0v) is 17.0. The lowest BCUT2D eigenvalue weighted by molar-refractivity contribution is -0.131. The Kier molecular flexibility index (Phi) is 5.55. The molecule has 0 aromatic heterocycles. The minimum absolute atomic E-state index is 0.0331. The average molecular weight is 413 g/mol.